The van der Waals surface area contributed by atoms with Crippen LogP contribution in [0.5, 0.6) is 0 Å². The van der Waals surface area contributed by atoms with Gasteiger partial charge in [0, 0.05) is 17.7 Å². The minimum absolute atomic E-state index is 0.446. The van der Waals surface area contributed by atoms with Crippen LogP contribution in [0.2, 0.25) is 0 Å². The van der Waals surface area contributed by atoms with Crippen molar-refractivity contribution in [3.8, 4) is 0 Å². The number of hydrogen-bond acceptors (Lipinski definition) is 4. The average Bonchev–Trinajstić information content (AvgIpc) is 2.90. The summed E-state index contributed by atoms with van der Waals surface area (Å²) < 4.78 is 13.9. The Bertz CT molecular complexity index is 539. The molecule has 6 heteroatoms. The number of ether oxygens (including phenoxy) is 2. The molecule has 0 spiro atoms. The summed E-state index contributed by atoms with van der Waals surface area (Å²) in [6.07, 6.45) is 1.41. The molecule has 0 N–H and O–H groups in total. The van der Waals surface area contributed by atoms with Crippen molar-refractivity contribution in [1.82, 2.24) is 15.0 Å². The van der Waals surface area contributed by atoms with E-state index < -0.39 is 6.29 Å². The zero-order valence-corrected chi connectivity index (χ0v) is 13.2. The Kier molecular flexibility index (Phi) is 5.70. The standard InChI is InChI=1S/C14H18BrN3O2/c1-3-19-14(20-4-2)13-10-18(17-16-13)9-11-7-5-6-8-12(11)15/h5-8,10,14H,3-4,9H2,1-2H3. The molecule has 2 rings (SSSR count). The molecule has 0 saturated heterocycles. The Morgan fingerprint density at radius 3 is 2.55 bits per heavy atom. The SMILES string of the molecule is CCOC(OCC)c1cn(Cc2ccccc2Br)nn1. The average molecular weight is 340 g/mol. The van der Waals surface area contributed by atoms with Gasteiger partial charge in [0.25, 0.3) is 0 Å². The van der Waals surface area contributed by atoms with E-state index >= 15 is 0 Å². The highest BCUT2D eigenvalue weighted by atomic mass is 79.9. The van der Waals surface area contributed by atoms with Crippen molar-refractivity contribution in [2.75, 3.05) is 13.2 Å². The summed E-state index contributed by atoms with van der Waals surface area (Å²) in [5.41, 5.74) is 1.84. The summed E-state index contributed by atoms with van der Waals surface area (Å²) >= 11 is 3.53. The maximum atomic E-state index is 5.51. The first-order valence-corrected chi connectivity index (χ1v) is 7.40. The molecule has 20 heavy (non-hydrogen) atoms. The number of rotatable bonds is 7. The monoisotopic (exact) mass is 339 g/mol. The molecule has 0 fully saturated rings. The number of nitrogens with zero attached hydrogens (tertiary/aromatic N) is 3. The molecule has 1 heterocycles. The maximum absolute atomic E-state index is 5.51. The van der Waals surface area contributed by atoms with Crippen molar-refractivity contribution in [3.05, 3.63) is 46.2 Å². The molecule has 0 aliphatic heterocycles. The summed E-state index contributed by atoms with van der Waals surface area (Å²) in [4.78, 5) is 0. The van der Waals surface area contributed by atoms with Crippen LogP contribution in [-0.2, 0) is 16.0 Å². The molecule has 0 aliphatic carbocycles. The van der Waals surface area contributed by atoms with Crippen LogP contribution in [0.1, 0.15) is 31.4 Å². The zero-order valence-electron chi connectivity index (χ0n) is 11.6. The maximum Gasteiger partial charge on any atom is 0.204 e. The Morgan fingerprint density at radius 1 is 1.20 bits per heavy atom. The quantitative estimate of drug-likeness (QED) is 0.727. The van der Waals surface area contributed by atoms with Crippen molar-refractivity contribution < 1.29 is 9.47 Å². The van der Waals surface area contributed by atoms with Crippen LogP contribution in [0.15, 0.2) is 34.9 Å². The summed E-state index contributed by atoms with van der Waals surface area (Å²) in [5, 5.41) is 8.25. The van der Waals surface area contributed by atoms with E-state index in [1.165, 1.54) is 0 Å². The summed E-state index contributed by atoms with van der Waals surface area (Å²) in [6, 6.07) is 8.05. The molecule has 2 aromatic rings. The van der Waals surface area contributed by atoms with Gasteiger partial charge in [-0.05, 0) is 25.5 Å². The topological polar surface area (TPSA) is 49.2 Å². The third kappa shape index (κ3) is 3.88. The first kappa shape index (κ1) is 15.2. The van der Waals surface area contributed by atoms with E-state index in [4.69, 9.17) is 9.47 Å². The third-order valence-corrected chi connectivity index (χ3v) is 3.50. The van der Waals surface area contributed by atoms with Crippen molar-refractivity contribution in [2.45, 2.75) is 26.7 Å². The molecule has 108 valence electrons. The van der Waals surface area contributed by atoms with Crippen LogP contribution in [0.4, 0.5) is 0 Å². The fourth-order valence-corrected chi connectivity index (χ4v) is 2.23. The lowest BCUT2D eigenvalue weighted by Crippen LogP contribution is -2.09. The molecule has 0 amide bonds. The Morgan fingerprint density at radius 2 is 1.90 bits per heavy atom. The largest absolute Gasteiger partial charge is 0.347 e. The highest BCUT2D eigenvalue weighted by Gasteiger charge is 2.15. The summed E-state index contributed by atoms with van der Waals surface area (Å²) in [6.45, 7) is 5.65. The van der Waals surface area contributed by atoms with Crippen molar-refractivity contribution in [2.24, 2.45) is 0 Å². The third-order valence-electron chi connectivity index (χ3n) is 2.72. The van der Waals surface area contributed by atoms with Crippen LogP contribution in [0.25, 0.3) is 0 Å². The van der Waals surface area contributed by atoms with Gasteiger partial charge in [-0.25, -0.2) is 4.68 Å². The fourth-order valence-electron chi connectivity index (χ4n) is 1.82. The van der Waals surface area contributed by atoms with Gasteiger partial charge in [0.05, 0.1) is 12.7 Å². The van der Waals surface area contributed by atoms with Gasteiger partial charge >= 0.3 is 0 Å². The van der Waals surface area contributed by atoms with E-state index in [0.717, 1.165) is 10.0 Å². The second kappa shape index (κ2) is 7.52. The molecule has 0 atom stereocenters. The Labute approximate surface area is 127 Å². The molecule has 0 saturated carbocycles. The molecular formula is C14H18BrN3O2. The van der Waals surface area contributed by atoms with Gasteiger partial charge in [-0.1, -0.05) is 39.3 Å². The number of aromatic nitrogens is 3. The highest BCUT2D eigenvalue weighted by molar-refractivity contribution is 9.10. The lowest BCUT2D eigenvalue weighted by atomic mass is 10.2. The molecule has 1 aromatic heterocycles. The second-order valence-electron chi connectivity index (χ2n) is 4.18. The minimum atomic E-state index is -0.446. The van der Waals surface area contributed by atoms with E-state index in [1.807, 2.05) is 44.3 Å². The molecule has 0 unspecified atom stereocenters. The molecule has 0 radical (unpaired) electrons. The van der Waals surface area contributed by atoms with Gasteiger partial charge in [0.2, 0.25) is 6.29 Å². The van der Waals surface area contributed by atoms with Gasteiger partial charge in [-0.3, -0.25) is 0 Å². The fraction of sp³-hybridized carbons (Fsp3) is 0.429. The Hall–Kier alpha value is -1.24. The molecule has 0 aliphatic rings. The van der Waals surface area contributed by atoms with Crippen LogP contribution in [0.3, 0.4) is 0 Å². The number of hydrogen-bond donors (Lipinski definition) is 0. The van der Waals surface area contributed by atoms with Crippen molar-refractivity contribution in [1.29, 1.82) is 0 Å². The van der Waals surface area contributed by atoms with Gasteiger partial charge in [-0.15, -0.1) is 5.10 Å². The summed E-state index contributed by atoms with van der Waals surface area (Å²) in [7, 11) is 0. The van der Waals surface area contributed by atoms with E-state index in [-0.39, 0.29) is 0 Å². The van der Waals surface area contributed by atoms with Gasteiger partial charge in [-0.2, -0.15) is 0 Å². The molecule has 1 aromatic carbocycles. The van der Waals surface area contributed by atoms with Crippen LogP contribution in [0, 0.1) is 0 Å². The first-order valence-electron chi connectivity index (χ1n) is 6.61. The van der Waals surface area contributed by atoms with Crippen molar-refractivity contribution in [3.63, 3.8) is 0 Å². The van der Waals surface area contributed by atoms with Crippen LogP contribution < -0.4 is 0 Å². The van der Waals surface area contributed by atoms with Crippen LogP contribution >= 0.6 is 15.9 Å². The Balaban J connectivity index is 2.10. The van der Waals surface area contributed by atoms with Gasteiger partial charge < -0.3 is 9.47 Å². The minimum Gasteiger partial charge on any atom is -0.347 e. The predicted octanol–water partition coefficient (Wildman–Crippen LogP) is 3.16. The van der Waals surface area contributed by atoms with Crippen LogP contribution in [-0.4, -0.2) is 28.2 Å². The highest BCUT2D eigenvalue weighted by Crippen LogP contribution is 2.19. The lowest BCUT2D eigenvalue weighted by molar-refractivity contribution is -0.142. The summed E-state index contributed by atoms with van der Waals surface area (Å²) in [5.74, 6) is 0. The van der Waals surface area contributed by atoms with Gasteiger partial charge in [0.15, 0.2) is 0 Å². The van der Waals surface area contributed by atoms with Gasteiger partial charge in [0.1, 0.15) is 5.69 Å². The molecule has 5 nitrogen and oxygen atoms in total. The van der Waals surface area contributed by atoms with E-state index in [2.05, 4.69) is 26.2 Å². The lowest BCUT2D eigenvalue weighted by Gasteiger charge is -2.13. The predicted molar refractivity (Wildman–Crippen MR) is 79.3 cm³/mol. The zero-order chi connectivity index (χ0) is 14.4. The van der Waals surface area contributed by atoms with E-state index in [1.54, 1.807) is 4.68 Å². The number of halogens is 1. The smallest absolute Gasteiger partial charge is 0.204 e. The van der Waals surface area contributed by atoms with Crippen molar-refractivity contribution >= 4 is 15.9 Å². The normalized spacial score (nSPS) is 11.2. The molecular weight excluding hydrogens is 322 g/mol. The first-order chi connectivity index (χ1) is 9.74. The van der Waals surface area contributed by atoms with E-state index in [9.17, 15) is 0 Å². The number of benzene rings is 1. The molecule has 0 bridgehead atoms. The van der Waals surface area contributed by atoms with E-state index in [0.29, 0.717) is 25.5 Å². The second-order valence-corrected chi connectivity index (χ2v) is 5.03.